The van der Waals surface area contributed by atoms with E-state index in [1.165, 1.54) is 18.3 Å². The molecule has 0 radical (unpaired) electrons. The summed E-state index contributed by atoms with van der Waals surface area (Å²) in [5.74, 6) is -0.813. The number of anilines is 1. The number of benzene rings is 1. The van der Waals surface area contributed by atoms with Crippen LogP contribution in [0, 0.1) is 17.1 Å². The number of pyridine rings is 1. The molecule has 1 aromatic carbocycles. The number of carbonyl (C=O) groups is 1. The fourth-order valence-corrected chi connectivity index (χ4v) is 5.40. The van der Waals surface area contributed by atoms with Gasteiger partial charge >= 0.3 is 6.18 Å². The van der Waals surface area contributed by atoms with Crippen LogP contribution in [-0.4, -0.2) is 60.1 Å². The van der Waals surface area contributed by atoms with Gasteiger partial charge in [0.05, 0.1) is 27.9 Å². The van der Waals surface area contributed by atoms with Gasteiger partial charge in [0.15, 0.2) is 5.82 Å². The molecule has 1 N–H and O–H groups in total. The Labute approximate surface area is 231 Å². The number of piperidine rings is 1. The Bertz CT molecular complexity index is 1420. The van der Waals surface area contributed by atoms with Crippen LogP contribution in [0.1, 0.15) is 36.5 Å². The second-order valence-electron chi connectivity index (χ2n) is 10.6. The lowest BCUT2D eigenvalue weighted by Crippen LogP contribution is -2.54. The molecule has 1 amide bonds. The lowest BCUT2D eigenvalue weighted by molar-refractivity contribution is -0.137. The van der Waals surface area contributed by atoms with Crippen molar-refractivity contribution in [3.8, 4) is 17.5 Å². The van der Waals surface area contributed by atoms with Gasteiger partial charge in [-0.3, -0.25) is 9.78 Å². The summed E-state index contributed by atoms with van der Waals surface area (Å²) in [4.78, 5) is 22.0. The van der Waals surface area contributed by atoms with Crippen molar-refractivity contribution in [3.63, 3.8) is 0 Å². The first-order chi connectivity index (χ1) is 18.9. The van der Waals surface area contributed by atoms with Crippen LogP contribution in [0.2, 0.25) is 0 Å². The van der Waals surface area contributed by atoms with Gasteiger partial charge in [0, 0.05) is 45.1 Å². The number of aromatic nitrogens is 2. The number of hydrogen-bond donors (Lipinski definition) is 1. The third-order valence-electron chi connectivity index (χ3n) is 7.43. The average Bonchev–Trinajstić information content (AvgIpc) is 3.32. The molecule has 0 bridgehead atoms. The van der Waals surface area contributed by atoms with E-state index in [1.807, 2.05) is 32.0 Å². The summed E-state index contributed by atoms with van der Waals surface area (Å²) in [7, 11) is 5.59. The topological polar surface area (TPSA) is 77.2 Å². The van der Waals surface area contributed by atoms with Crippen molar-refractivity contribution in [3.05, 3.63) is 71.3 Å². The molecule has 1 fully saturated rings. The number of carbonyl (C=O) groups excluding carboxylic acids is 1. The maximum atomic E-state index is 15.4. The van der Waals surface area contributed by atoms with E-state index in [2.05, 4.69) is 10.3 Å². The second-order valence-corrected chi connectivity index (χ2v) is 10.6. The molecular weight excluding hydrogens is 524 g/mol. The van der Waals surface area contributed by atoms with Gasteiger partial charge in [-0.15, -0.1) is 0 Å². The van der Waals surface area contributed by atoms with Crippen LogP contribution < -0.4 is 10.2 Å². The fraction of sp³-hybridized carbons (Fsp3) is 0.414. The number of nitrogens with one attached hydrogen (secondary N) is 1. The van der Waals surface area contributed by atoms with Crippen LogP contribution in [0.5, 0.6) is 0 Å². The van der Waals surface area contributed by atoms with Gasteiger partial charge in [-0.05, 0) is 75.8 Å². The Kier molecular flexibility index (Phi) is 8.21. The molecule has 212 valence electrons. The van der Waals surface area contributed by atoms with Crippen LogP contribution >= 0.6 is 0 Å². The first kappa shape index (κ1) is 29.1. The Balaban J connectivity index is 1.67. The predicted molar refractivity (Wildman–Crippen MR) is 144 cm³/mol. The van der Waals surface area contributed by atoms with Crippen molar-refractivity contribution in [1.29, 1.82) is 5.26 Å². The van der Waals surface area contributed by atoms with E-state index in [0.29, 0.717) is 23.5 Å². The van der Waals surface area contributed by atoms with Gasteiger partial charge in [-0.1, -0.05) is 0 Å². The average molecular weight is 557 g/mol. The third-order valence-corrected chi connectivity index (χ3v) is 7.43. The molecule has 1 aliphatic rings. The van der Waals surface area contributed by atoms with E-state index in [-0.39, 0.29) is 49.1 Å². The molecule has 1 saturated heterocycles. The van der Waals surface area contributed by atoms with E-state index < -0.39 is 23.0 Å². The number of nitriles is 1. The van der Waals surface area contributed by atoms with Crippen molar-refractivity contribution in [2.24, 2.45) is 7.05 Å². The molecule has 1 aliphatic heterocycles. The minimum absolute atomic E-state index is 0.0917. The van der Waals surface area contributed by atoms with Gasteiger partial charge in [0.1, 0.15) is 11.8 Å². The molecule has 1 atom stereocenters. The Morgan fingerprint density at radius 1 is 1.23 bits per heavy atom. The highest BCUT2D eigenvalue weighted by atomic mass is 19.4. The maximum absolute atomic E-state index is 15.4. The number of likely N-dealkylation sites (N-methyl/N-ethyl adjacent to an activating group) is 1. The fourth-order valence-electron chi connectivity index (χ4n) is 5.40. The summed E-state index contributed by atoms with van der Waals surface area (Å²) < 4.78 is 56.8. The smallest absolute Gasteiger partial charge is 0.370 e. The highest BCUT2D eigenvalue weighted by Crippen LogP contribution is 2.40. The predicted octanol–water partition coefficient (Wildman–Crippen LogP) is 4.72. The van der Waals surface area contributed by atoms with E-state index in [0.717, 1.165) is 12.1 Å². The van der Waals surface area contributed by atoms with Gasteiger partial charge < -0.3 is 19.7 Å². The summed E-state index contributed by atoms with van der Waals surface area (Å²) >= 11 is 0. The van der Waals surface area contributed by atoms with Crippen LogP contribution in [-0.2, 0) is 23.4 Å². The molecule has 40 heavy (non-hydrogen) atoms. The van der Waals surface area contributed by atoms with Crippen molar-refractivity contribution < 1.29 is 22.4 Å². The van der Waals surface area contributed by atoms with Crippen LogP contribution in [0.15, 0.2) is 48.8 Å². The molecular formula is C29H32F4N6O. The van der Waals surface area contributed by atoms with Gasteiger partial charge in [-0.25, -0.2) is 4.39 Å². The number of amides is 1. The van der Waals surface area contributed by atoms with Crippen molar-refractivity contribution in [1.82, 2.24) is 19.8 Å². The highest BCUT2D eigenvalue weighted by Gasteiger charge is 2.44. The monoisotopic (exact) mass is 556 g/mol. The summed E-state index contributed by atoms with van der Waals surface area (Å²) in [6.45, 7) is 3.04. The third kappa shape index (κ3) is 5.82. The van der Waals surface area contributed by atoms with Crippen LogP contribution in [0.25, 0.3) is 11.4 Å². The van der Waals surface area contributed by atoms with Crippen LogP contribution in [0.3, 0.4) is 0 Å². The summed E-state index contributed by atoms with van der Waals surface area (Å²) in [6.07, 6.45) is -0.729. The zero-order valence-corrected chi connectivity index (χ0v) is 22.9. The van der Waals surface area contributed by atoms with Gasteiger partial charge in [0.2, 0.25) is 5.91 Å². The Hall–Kier alpha value is -3.91. The summed E-state index contributed by atoms with van der Waals surface area (Å²) in [5, 5.41) is 12.6. The summed E-state index contributed by atoms with van der Waals surface area (Å²) in [6, 6.07) is 9.68. The van der Waals surface area contributed by atoms with Gasteiger partial charge in [0.25, 0.3) is 0 Å². The van der Waals surface area contributed by atoms with E-state index >= 15 is 4.39 Å². The zero-order chi connectivity index (χ0) is 29.2. The van der Waals surface area contributed by atoms with Crippen molar-refractivity contribution >= 4 is 11.6 Å². The molecule has 0 spiro atoms. The number of halogens is 4. The Morgan fingerprint density at radius 2 is 1.93 bits per heavy atom. The number of hydrogen-bond acceptors (Lipinski definition) is 5. The molecule has 11 heteroatoms. The number of rotatable bonds is 7. The maximum Gasteiger partial charge on any atom is 0.416 e. The normalized spacial score (nSPS) is 16.1. The first-order valence-corrected chi connectivity index (χ1v) is 13.0. The highest BCUT2D eigenvalue weighted by molar-refractivity contribution is 5.89. The molecule has 0 saturated carbocycles. The van der Waals surface area contributed by atoms with Gasteiger partial charge in [-0.2, -0.15) is 18.4 Å². The minimum atomic E-state index is -4.56. The second kappa shape index (κ2) is 11.3. The van der Waals surface area contributed by atoms with Crippen molar-refractivity contribution in [2.45, 2.75) is 37.4 Å². The quantitative estimate of drug-likeness (QED) is 0.426. The van der Waals surface area contributed by atoms with E-state index in [4.69, 9.17) is 0 Å². The molecule has 3 aromatic rings. The molecule has 0 unspecified atom stereocenters. The largest absolute Gasteiger partial charge is 0.416 e. The first-order valence-electron chi connectivity index (χ1n) is 13.0. The minimum Gasteiger partial charge on any atom is -0.370 e. The lowest BCUT2D eigenvalue weighted by atomic mass is 9.72. The van der Waals surface area contributed by atoms with Crippen LogP contribution in [0.4, 0.5) is 23.2 Å². The lowest BCUT2D eigenvalue weighted by Gasteiger charge is -2.42. The van der Waals surface area contributed by atoms with Crippen molar-refractivity contribution in [2.75, 3.05) is 38.6 Å². The molecule has 0 aliphatic carbocycles. The SMILES string of the molecule is C[C@@H](CN(C)C)NC(=O)C1(c2cnc(-c3cccn3C)c(F)c2)CCN(c2ccc(C(F)(F)F)cc2C#N)CC1. The standard InChI is InChI=1S/C29H32F4N6O/c1-19(18-37(2)3)36-27(40)28(22-15-23(30)26(35-17-22)25-6-5-11-38(25)4)9-12-39(13-10-28)24-8-7-21(29(31,32)33)14-20(24)16-34/h5-8,11,14-15,17,19H,9-10,12-13,18H2,1-4H3,(H,36,40)/t19-/m0/s1. The number of aryl methyl sites for hydroxylation is 1. The number of nitrogens with zero attached hydrogens (tertiary/aromatic N) is 5. The molecule has 7 nitrogen and oxygen atoms in total. The summed E-state index contributed by atoms with van der Waals surface area (Å²) in [5.41, 5.74) is -0.522. The van der Waals surface area contributed by atoms with E-state index in [1.54, 1.807) is 34.8 Å². The van der Waals surface area contributed by atoms with E-state index in [9.17, 15) is 23.2 Å². The Morgan fingerprint density at radius 3 is 2.48 bits per heavy atom. The number of alkyl halides is 3. The zero-order valence-electron chi connectivity index (χ0n) is 22.9. The molecule has 3 heterocycles. The molecule has 2 aromatic heterocycles. The molecule has 4 rings (SSSR count).